The second-order valence-electron chi connectivity index (χ2n) is 5.10. The predicted octanol–water partition coefficient (Wildman–Crippen LogP) is 2.77. The van der Waals surface area contributed by atoms with Crippen molar-refractivity contribution >= 4 is 21.7 Å². The molecule has 4 nitrogen and oxygen atoms in total. The first-order chi connectivity index (χ1) is 9.97. The number of likely N-dealkylation sites (N-methyl/N-ethyl adjacent to an activating group) is 1. The second kappa shape index (κ2) is 6.95. The minimum absolute atomic E-state index is 0.0799. The molecular weight excluding hydrogens is 337 g/mol. The van der Waals surface area contributed by atoms with Gasteiger partial charge in [0.2, 0.25) is 0 Å². The maximum atomic E-state index is 13.2. The molecule has 21 heavy (non-hydrogen) atoms. The number of carbonyl (C=O) groups excluding carboxylic acids is 1. The fourth-order valence-corrected chi connectivity index (χ4v) is 2.54. The molecule has 6 heteroatoms. The standard InChI is InChI=1S/C15H17BrFN3O/c1-19(2)6-7-20-15(13(16)10-18-20)14(21)9-11-4-3-5-12(17)8-11/h3-5,8,10H,6-7,9H2,1-2H3. The van der Waals surface area contributed by atoms with Crippen molar-refractivity contribution < 1.29 is 9.18 Å². The van der Waals surface area contributed by atoms with E-state index in [9.17, 15) is 9.18 Å². The summed E-state index contributed by atoms with van der Waals surface area (Å²) in [5.41, 5.74) is 1.19. The van der Waals surface area contributed by atoms with Crippen LogP contribution in [0.3, 0.4) is 0 Å². The van der Waals surface area contributed by atoms with E-state index in [1.807, 2.05) is 19.0 Å². The Balaban J connectivity index is 2.17. The molecule has 0 aliphatic rings. The number of hydrogen-bond acceptors (Lipinski definition) is 3. The summed E-state index contributed by atoms with van der Waals surface area (Å²) in [6, 6.07) is 6.10. The van der Waals surface area contributed by atoms with Gasteiger partial charge in [-0.1, -0.05) is 12.1 Å². The first-order valence-electron chi connectivity index (χ1n) is 6.61. The third-order valence-electron chi connectivity index (χ3n) is 3.07. The van der Waals surface area contributed by atoms with Gasteiger partial charge in [0.1, 0.15) is 11.5 Å². The molecule has 0 aliphatic heterocycles. The van der Waals surface area contributed by atoms with Crippen molar-refractivity contribution in [2.45, 2.75) is 13.0 Å². The minimum atomic E-state index is -0.333. The monoisotopic (exact) mass is 353 g/mol. The number of nitrogens with zero attached hydrogens (tertiary/aromatic N) is 3. The first-order valence-corrected chi connectivity index (χ1v) is 7.40. The molecule has 0 radical (unpaired) electrons. The van der Waals surface area contributed by atoms with Gasteiger partial charge in [-0.3, -0.25) is 9.48 Å². The van der Waals surface area contributed by atoms with Gasteiger partial charge in [0.25, 0.3) is 0 Å². The smallest absolute Gasteiger partial charge is 0.186 e. The van der Waals surface area contributed by atoms with Crippen LogP contribution < -0.4 is 0 Å². The average molecular weight is 354 g/mol. The van der Waals surface area contributed by atoms with Gasteiger partial charge < -0.3 is 4.90 Å². The molecule has 1 aromatic heterocycles. The second-order valence-corrected chi connectivity index (χ2v) is 5.95. The molecule has 112 valence electrons. The number of hydrogen-bond donors (Lipinski definition) is 0. The number of aromatic nitrogens is 2. The Hall–Kier alpha value is -1.53. The number of halogens is 2. The van der Waals surface area contributed by atoms with Gasteiger partial charge >= 0.3 is 0 Å². The molecule has 2 rings (SSSR count). The highest BCUT2D eigenvalue weighted by molar-refractivity contribution is 9.10. The van der Waals surface area contributed by atoms with Gasteiger partial charge in [-0.2, -0.15) is 5.10 Å². The van der Waals surface area contributed by atoms with E-state index in [2.05, 4.69) is 21.0 Å². The molecule has 1 aromatic carbocycles. The maximum Gasteiger partial charge on any atom is 0.186 e. The molecule has 0 saturated carbocycles. The Morgan fingerprint density at radius 1 is 1.43 bits per heavy atom. The number of Topliss-reactive ketones (excluding diaryl/α,β-unsaturated/α-hetero) is 1. The van der Waals surface area contributed by atoms with E-state index >= 15 is 0 Å². The molecule has 0 amide bonds. The van der Waals surface area contributed by atoms with E-state index in [0.717, 1.165) is 6.54 Å². The lowest BCUT2D eigenvalue weighted by Gasteiger charge is -2.11. The topological polar surface area (TPSA) is 38.1 Å². The van der Waals surface area contributed by atoms with E-state index < -0.39 is 0 Å². The van der Waals surface area contributed by atoms with Gasteiger partial charge in [0.15, 0.2) is 5.78 Å². The average Bonchev–Trinajstić information content (AvgIpc) is 2.77. The summed E-state index contributed by atoms with van der Waals surface area (Å²) >= 11 is 3.36. The maximum absolute atomic E-state index is 13.2. The van der Waals surface area contributed by atoms with Crippen LogP contribution in [-0.4, -0.2) is 41.1 Å². The molecule has 0 bridgehead atoms. The van der Waals surface area contributed by atoms with Crippen LogP contribution in [0.1, 0.15) is 16.1 Å². The number of ketones is 1. The van der Waals surface area contributed by atoms with Crippen LogP contribution in [0.2, 0.25) is 0 Å². The van der Waals surface area contributed by atoms with Gasteiger partial charge in [-0.25, -0.2) is 4.39 Å². The zero-order chi connectivity index (χ0) is 15.4. The minimum Gasteiger partial charge on any atom is -0.308 e. The van der Waals surface area contributed by atoms with Gasteiger partial charge in [0, 0.05) is 13.0 Å². The van der Waals surface area contributed by atoms with E-state index in [1.54, 1.807) is 23.0 Å². The summed E-state index contributed by atoms with van der Waals surface area (Å²) < 4.78 is 15.5. The van der Waals surface area contributed by atoms with Crippen molar-refractivity contribution in [3.63, 3.8) is 0 Å². The number of carbonyl (C=O) groups is 1. The molecule has 0 saturated heterocycles. The van der Waals surface area contributed by atoms with Crippen LogP contribution in [0.4, 0.5) is 4.39 Å². The van der Waals surface area contributed by atoms with Crippen LogP contribution in [0.5, 0.6) is 0 Å². The van der Waals surface area contributed by atoms with E-state index in [1.165, 1.54) is 12.1 Å². The molecule has 0 unspecified atom stereocenters. The molecule has 1 heterocycles. The summed E-state index contributed by atoms with van der Waals surface area (Å²) in [6.07, 6.45) is 1.78. The van der Waals surface area contributed by atoms with E-state index in [-0.39, 0.29) is 18.0 Å². The lowest BCUT2D eigenvalue weighted by molar-refractivity contribution is 0.0981. The van der Waals surface area contributed by atoms with Gasteiger partial charge in [-0.05, 0) is 47.7 Å². The quantitative estimate of drug-likeness (QED) is 0.749. The lowest BCUT2D eigenvalue weighted by atomic mass is 10.1. The van der Waals surface area contributed by atoms with Crippen LogP contribution in [0.15, 0.2) is 34.9 Å². The highest BCUT2D eigenvalue weighted by Gasteiger charge is 2.17. The third-order valence-corrected chi connectivity index (χ3v) is 3.65. The third kappa shape index (κ3) is 4.22. The van der Waals surface area contributed by atoms with Crippen molar-refractivity contribution in [3.05, 3.63) is 52.0 Å². The fraction of sp³-hybridized carbons (Fsp3) is 0.333. The van der Waals surface area contributed by atoms with E-state index in [4.69, 9.17) is 0 Å². The molecule has 0 N–H and O–H groups in total. The van der Waals surface area contributed by atoms with Crippen molar-refractivity contribution in [3.8, 4) is 0 Å². The van der Waals surface area contributed by atoms with Crippen molar-refractivity contribution in [1.29, 1.82) is 0 Å². The summed E-state index contributed by atoms with van der Waals surface area (Å²) in [7, 11) is 3.93. The zero-order valence-electron chi connectivity index (χ0n) is 12.0. The largest absolute Gasteiger partial charge is 0.308 e. The molecule has 0 fully saturated rings. The summed E-state index contributed by atoms with van der Waals surface area (Å²) in [6.45, 7) is 1.41. The summed E-state index contributed by atoms with van der Waals surface area (Å²) in [5, 5.41) is 4.22. The van der Waals surface area contributed by atoms with Gasteiger partial charge in [0.05, 0.1) is 17.2 Å². The number of rotatable bonds is 6. The van der Waals surface area contributed by atoms with Gasteiger partial charge in [-0.15, -0.1) is 0 Å². The van der Waals surface area contributed by atoms with Crippen LogP contribution in [0.25, 0.3) is 0 Å². The fourth-order valence-electron chi connectivity index (χ4n) is 2.02. The molecular formula is C15H17BrFN3O. The van der Waals surface area contributed by atoms with Crippen LogP contribution >= 0.6 is 15.9 Å². The summed E-state index contributed by atoms with van der Waals surface area (Å²) in [4.78, 5) is 14.5. The SMILES string of the molecule is CN(C)CCn1ncc(Br)c1C(=O)Cc1cccc(F)c1. The van der Waals surface area contributed by atoms with Crippen molar-refractivity contribution in [2.24, 2.45) is 0 Å². The highest BCUT2D eigenvalue weighted by Crippen LogP contribution is 2.19. The molecule has 0 aliphatic carbocycles. The van der Waals surface area contributed by atoms with Crippen LogP contribution in [-0.2, 0) is 13.0 Å². The molecule has 0 atom stereocenters. The lowest BCUT2D eigenvalue weighted by Crippen LogP contribution is -2.22. The summed E-state index contributed by atoms with van der Waals surface area (Å²) in [5.74, 6) is -0.413. The first kappa shape index (κ1) is 15.9. The Morgan fingerprint density at radius 2 is 2.19 bits per heavy atom. The highest BCUT2D eigenvalue weighted by atomic mass is 79.9. The molecule has 2 aromatic rings. The molecule has 0 spiro atoms. The Bertz CT molecular complexity index is 640. The Kier molecular flexibility index (Phi) is 5.25. The Morgan fingerprint density at radius 3 is 2.86 bits per heavy atom. The predicted molar refractivity (Wildman–Crippen MR) is 82.9 cm³/mol. The number of benzene rings is 1. The van der Waals surface area contributed by atoms with Crippen LogP contribution in [0, 0.1) is 5.82 Å². The van der Waals surface area contributed by atoms with Crippen molar-refractivity contribution in [2.75, 3.05) is 20.6 Å². The zero-order valence-corrected chi connectivity index (χ0v) is 13.6. The Labute approximate surface area is 131 Å². The van der Waals surface area contributed by atoms with Crippen molar-refractivity contribution in [1.82, 2.24) is 14.7 Å². The van der Waals surface area contributed by atoms with E-state index in [0.29, 0.717) is 22.3 Å². The normalized spacial score (nSPS) is 11.1.